The van der Waals surface area contributed by atoms with Gasteiger partial charge in [0.1, 0.15) is 11.6 Å². The lowest BCUT2D eigenvalue weighted by atomic mass is 9.84. The van der Waals surface area contributed by atoms with Gasteiger partial charge in [-0.3, -0.25) is 9.69 Å². The zero-order chi connectivity index (χ0) is 21.2. The summed E-state index contributed by atoms with van der Waals surface area (Å²) in [6.07, 6.45) is 2.78. The van der Waals surface area contributed by atoms with E-state index in [-0.39, 0.29) is 11.7 Å². The molecule has 160 valence electrons. The number of carbonyl (C=O) groups is 1. The zero-order valence-electron chi connectivity index (χ0n) is 17.8. The van der Waals surface area contributed by atoms with E-state index in [0.717, 1.165) is 44.2 Å². The molecular formula is C24H27N5O2. The van der Waals surface area contributed by atoms with Crippen LogP contribution in [0.1, 0.15) is 39.7 Å². The van der Waals surface area contributed by atoms with E-state index in [2.05, 4.69) is 45.4 Å². The molecule has 7 nitrogen and oxygen atoms in total. The average Bonchev–Trinajstić information content (AvgIpc) is 3.34. The maximum atomic E-state index is 12.9. The van der Waals surface area contributed by atoms with Gasteiger partial charge >= 0.3 is 0 Å². The SMILES string of the molecule is CNc1nc(N2CCN(Cc3ccccc3)CC2)nc2c1C(=O)C[C@H](c1ccco1)C2. The Morgan fingerprint density at radius 3 is 2.55 bits per heavy atom. The molecule has 5 rings (SSSR count). The molecule has 0 unspecified atom stereocenters. The van der Waals surface area contributed by atoms with Crippen molar-refractivity contribution in [2.75, 3.05) is 43.4 Å². The van der Waals surface area contributed by atoms with E-state index in [0.29, 0.717) is 30.2 Å². The van der Waals surface area contributed by atoms with E-state index in [1.54, 1.807) is 6.26 Å². The highest BCUT2D eigenvalue weighted by Crippen LogP contribution is 2.35. The fraction of sp³-hybridized carbons (Fsp3) is 0.375. The van der Waals surface area contributed by atoms with Crippen molar-refractivity contribution in [2.24, 2.45) is 0 Å². The van der Waals surface area contributed by atoms with Gasteiger partial charge < -0.3 is 14.6 Å². The number of furan rings is 1. The number of rotatable bonds is 5. The highest BCUT2D eigenvalue weighted by atomic mass is 16.3. The van der Waals surface area contributed by atoms with E-state index < -0.39 is 0 Å². The normalized spacial score (nSPS) is 19.3. The molecular weight excluding hydrogens is 390 g/mol. The Labute approximate surface area is 182 Å². The smallest absolute Gasteiger partial charge is 0.227 e. The summed E-state index contributed by atoms with van der Waals surface area (Å²) in [5.74, 6) is 2.29. The van der Waals surface area contributed by atoms with Crippen molar-refractivity contribution in [2.45, 2.75) is 25.3 Å². The minimum atomic E-state index is 0.0326. The average molecular weight is 418 g/mol. The van der Waals surface area contributed by atoms with Crippen LogP contribution >= 0.6 is 0 Å². The number of fused-ring (bicyclic) bond motifs is 1. The van der Waals surface area contributed by atoms with Crippen LogP contribution in [0.15, 0.2) is 53.1 Å². The second-order valence-corrected chi connectivity index (χ2v) is 8.24. The van der Waals surface area contributed by atoms with E-state index in [1.165, 1.54) is 5.56 Å². The Morgan fingerprint density at radius 2 is 1.84 bits per heavy atom. The largest absolute Gasteiger partial charge is 0.469 e. The van der Waals surface area contributed by atoms with Gasteiger partial charge in [0.2, 0.25) is 5.95 Å². The van der Waals surface area contributed by atoms with Crippen LogP contribution in [0.2, 0.25) is 0 Å². The Kier molecular flexibility index (Phi) is 5.42. The number of benzene rings is 1. The highest BCUT2D eigenvalue weighted by Gasteiger charge is 2.33. The van der Waals surface area contributed by atoms with Crippen LogP contribution in [0, 0.1) is 0 Å². The van der Waals surface area contributed by atoms with Crippen molar-refractivity contribution in [1.82, 2.24) is 14.9 Å². The van der Waals surface area contributed by atoms with Crippen molar-refractivity contribution in [3.8, 4) is 0 Å². The van der Waals surface area contributed by atoms with E-state index in [1.807, 2.05) is 19.2 Å². The predicted molar refractivity (Wildman–Crippen MR) is 120 cm³/mol. The van der Waals surface area contributed by atoms with E-state index in [9.17, 15) is 4.79 Å². The van der Waals surface area contributed by atoms with Gasteiger partial charge in [-0.15, -0.1) is 0 Å². The minimum absolute atomic E-state index is 0.0326. The molecule has 1 aliphatic carbocycles. The molecule has 1 N–H and O–H groups in total. The molecule has 0 saturated carbocycles. The van der Waals surface area contributed by atoms with Crippen LogP contribution in [0.4, 0.5) is 11.8 Å². The Balaban J connectivity index is 1.34. The molecule has 1 aliphatic heterocycles. The van der Waals surface area contributed by atoms with Crippen molar-refractivity contribution < 1.29 is 9.21 Å². The van der Waals surface area contributed by atoms with Crippen LogP contribution in [-0.4, -0.2) is 53.9 Å². The quantitative estimate of drug-likeness (QED) is 0.682. The fourth-order valence-corrected chi connectivity index (χ4v) is 4.56. The molecule has 31 heavy (non-hydrogen) atoms. The number of ketones is 1. The maximum absolute atomic E-state index is 12.9. The van der Waals surface area contributed by atoms with Crippen LogP contribution in [-0.2, 0) is 13.0 Å². The summed E-state index contributed by atoms with van der Waals surface area (Å²) in [5.41, 5.74) is 2.79. The molecule has 0 spiro atoms. The summed E-state index contributed by atoms with van der Waals surface area (Å²) in [6, 6.07) is 14.4. The van der Waals surface area contributed by atoms with Gasteiger partial charge in [-0.05, 0) is 17.7 Å². The number of anilines is 2. The molecule has 3 aromatic rings. The Bertz CT molecular complexity index is 1040. The van der Waals surface area contributed by atoms with Crippen molar-refractivity contribution >= 4 is 17.5 Å². The number of Topliss-reactive ketones (excluding diaryl/α,β-unsaturated/α-hetero) is 1. The molecule has 0 radical (unpaired) electrons. The lowest BCUT2D eigenvalue weighted by Crippen LogP contribution is -2.46. The van der Waals surface area contributed by atoms with Crippen molar-refractivity contribution in [3.05, 3.63) is 71.3 Å². The second kappa shape index (κ2) is 8.51. The predicted octanol–water partition coefficient (Wildman–Crippen LogP) is 3.35. The first-order valence-corrected chi connectivity index (χ1v) is 10.9. The molecule has 0 bridgehead atoms. The van der Waals surface area contributed by atoms with Gasteiger partial charge in [-0.2, -0.15) is 4.98 Å². The minimum Gasteiger partial charge on any atom is -0.469 e. The third kappa shape index (κ3) is 4.05. The van der Waals surface area contributed by atoms with Crippen LogP contribution < -0.4 is 10.2 Å². The first-order valence-electron chi connectivity index (χ1n) is 10.9. The summed E-state index contributed by atoms with van der Waals surface area (Å²) in [4.78, 5) is 27.2. The fourth-order valence-electron chi connectivity index (χ4n) is 4.56. The summed E-state index contributed by atoms with van der Waals surface area (Å²) in [7, 11) is 1.82. The molecule has 7 heteroatoms. The molecule has 2 aromatic heterocycles. The lowest BCUT2D eigenvalue weighted by Gasteiger charge is -2.35. The summed E-state index contributed by atoms with van der Waals surface area (Å²) < 4.78 is 5.57. The van der Waals surface area contributed by atoms with Gasteiger partial charge in [-0.25, -0.2) is 4.98 Å². The number of nitrogens with one attached hydrogen (secondary N) is 1. The summed E-state index contributed by atoms with van der Waals surface area (Å²) in [5, 5.41) is 3.12. The highest BCUT2D eigenvalue weighted by molar-refractivity contribution is 6.03. The summed E-state index contributed by atoms with van der Waals surface area (Å²) >= 11 is 0. The maximum Gasteiger partial charge on any atom is 0.227 e. The van der Waals surface area contributed by atoms with Crippen LogP contribution in [0.25, 0.3) is 0 Å². The number of hydrogen-bond donors (Lipinski definition) is 1. The first kappa shape index (κ1) is 19.8. The first-order chi connectivity index (χ1) is 15.2. The van der Waals surface area contributed by atoms with E-state index >= 15 is 0 Å². The topological polar surface area (TPSA) is 74.5 Å². The third-order valence-electron chi connectivity index (χ3n) is 6.21. The number of piperazine rings is 1. The van der Waals surface area contributed by atoms with Crippen molar-refractivity contribution in [3.63, 3.8) is 0 Å². The number of hydrogen-bond acceptors (Lipinski definition) is 7. The van der Waals surface area contributed by atoms with Gasteiger partial charge in [0, 0.05) is 58.5 Å². The number of nitrogens with zero attached hydrogens (tertiary/aromatic N) is 4. The summed E-state index contributed by atoms with van der Waals surface area (Å²) in [6.45, 7) is 4.60. The molecule has 2 aliphatic rings. The van der Waals surface area contributed by atoms with Crippen LogP contribution in [0.5, 0.6) is 0 Å². The van der Waals surface area contributed by atoms with Gasteiger partial charge in [-0.1, -0.05) is 30.3 Å². The number of aromatic nitrogens is 2. The van der Waals surface area contributed by atoms with Gasteiger partial charge in [0.25, 0.3) is 0 Å². The van der Waals surface area contributed by atoms with Crippen LogP contribution in [0.3, 0.4) is 0 Å². The number of carbonyl (C=O) groups excluding carboxylic acids is 1. The molecule has 1 fully saturated rings. The Morgan fingerprint density at radius 1 is 1.03 bits per heavy atom. The van der Waals surface area contributed by atoms with E-state index in [4.69, 9.17) is 14.4 Å². The monoisotopic (exact) mass is 417 g/mol. The molecule has 1 atom stereocenters. The third-order valence-corrected chi connectivity index (χ3v) is 6.21. The lowest BCUT2D eigenvalue weighted by molar-refractivity contribution is 0.0959. The Hall–Kier alpha value is -3.19. The molecule has 1 aromatic carbocycles. The molecule has 0 amide bonds. The molecule has 1 saturated heterocycles. The standard InChI is InChI=1S/C24H27N5O2/c1-25-23-22-19(14-18(15-20(22)30)21-8-5-13-31-21)26-24(27-23)29-11-9-28(10-12-29)16-17-6-3-2-4-7-17/h2-8,13,18H,9-12,14-16H2,1H3,(H,25,26,27)/t18-/m1/s1. The zero-order valence-corrected chi connectivity index (χ0v) is 17.8. The second-order valence-electron chi connectivity index (χ2n) is 8.24. The van der Waals surface area contributed by atoms with Gasteiger partial charge in [0.15, 0.2) is 5.78 Å². The molecule has 3 heterocycles. The van der Waals surface area contributed by atoms with Gasteiger partial charge in [0.05, 0.1) is 17.5 Å². The van der Waals surface area contributed by atoms with Crippen molar-refractivity contribution in [1.29, 1.82) is 0 Å².